The highest BCUT2D eigenvalue weighted by molar-refractivity contribution is 4.91. The Morgan fingerprint density at radius 2 is 0.690 bits per heavy atom. The van der Waals surface area contributed by atoms with Gasteiger partial charge in [0.1, 0.15) is 0 Å². The quantitative estimate of drug-likeness (QED) is 0.163. The van der Waals surface area contributed by atoms with Gasteiger partial charge in [0.2, 0.25) is 0 Å². The van der Waals surface area contributed by atoms with Crippen molar-refractivity contribution in [1.29, 1.82) is 0 Å². The topological polar surface area (TPSA) is 0 Å². The third kappa shape index (κ3) is 74.5. The molecule has 8 aliphatic rings. The summed E-state index contributed by atoms with van der Waals surface area (Å²) in [5.41, 5.74) is 3.38. The molecule has 84 heavy (non-hydrogen) atoms. The van der Waals surface area contributed by atoms with Crippen molar-refractivity contribution in [2.75, 3.05) is 0 Å². The lowest BCUT2D eigenvalue weighted by atomic mass is 9.94. The second-order valence-electron chi connectivity index (χ2n) is 34.9. The largest absolute Gasteiger partial charge is 0.0654 e. The maximum Gasteiger partial charge on any atom is -0.0326 e. The Morgan fingerprint density at radius 3 is 0.702 bits per heavy atom. The molecule has 5 atom stereocenters. The molecule has 0 nitrogen and oxygen atoms in total. The van der Waals surface area contributed by atoms with E-state index < -0.39 is 0 Å². The molecule has 0 aromatic rings. The van der Waals surface area contributed by atoms with E-state index in [1.165, 1.54) is 161 Å². The molecule has 8 aliphatic carbocycles. The van der Waals surface area contributed by atoms with Crippen LogP contribution in [0.3, 0.4) is 0 Å². The first-order chi connectivity index (χ1) is 38.5. The minimum absolute atomic E-state index is 0.542. The molecule has 0 saturated heterocycles. The van der Waals surface area contributed by atoms with Crippen molar-refractivity contribution in [3.8, 4) is 0 Å². The fourth-order valence-corrected chi connectivity index (χ4v) is 7.44. The van der Waals surface area contributed by atoms with E-state index in [9.17, 15) is 0 Å². The maximum atomic E-state index is 2.35. The molecular weight excluding hydrogens is 1010 g/mol. The first-order valence-electron chi connectivity index (χ1n) is 38.5. The Balaban J connectivity index is -0.000000195. The fourth-order valence-electron chi connectivity index (χ4n) is 7.44. The van der Waals surface area contributed by atoms with E-state index in [4.69, 9.17) is 0 Å². The van der Waals surface area contributed by atoms with E-state index in [-0.39, 0.29) is 0 Å². The van der Waals surface area contributed by atoms with Gasteiger partial charge in [0.25, 0.3) is 0 Å². The standard InChI is InChI=1S/8C6H12.6C6H14/c1-5-4-6(5,2)3;1-5(2)6-3-4-6;1-4-5(2)6(4)3;2*1-3-6(2)4-5-6;2*1-3-6-4-5(6)2;1-2-3-6-4-5-6;2*1-5-6(2,3)4;1-5(2)6(3)4;1-4-5-6(2)3;2*1-4-6(3)5-2/h5H,4H2,1-3H3;5-6H,3-4H2,1-2H3;4-6H,1-3H3;2*3-5H2,1-2H3;2*5-6H,3-4H2,1-2H3;6H,2-5H2,1H3;2*5H2,1-4H3;5-6H,1-4H3;3*6H,4-5H2,1-3H3/t5-;;;;;5-,6?;;;;;;;;/m0....0......../s1. The Kier molecular flexibility index (Phi) is 59.6. The zero-order valence-electron chi connectivity index (χ0n) is 67.4. The van der Waals surface area contributed by atoms with Gasteiger partial charge in [0, 0.05) is 0 Å². The maximum absolute atomic E-state index is 2.35. The van der Waals surface area contributed by atoms with E-state index in [0.29, 0.717) is 16.2 Å². The van der Waals surface area contributed by atoms with Crippen LogP contribution >= 0.6 is 0 Å². The Bertz CT molecular complexity index is 1170. The normalized spacial score (nSPS) is 24.6. The van der Waals surface area contributed by atoms with Gasteiger partial charge in [0.15, 0.2) is 0 Å². The predicted octanol–water partition coefficient (Wildman–Crippen LogP) is 31.2. The summed E-state index contributed by atoms with van der Waals surface area (Å²) in [6.45, 7) is 86.2. The average molecular weight is 1190 g/mol. The molecule has 0 aromatic heterocycles. The molecule has 0 aromatic carbocycles. The van der Waals surface area contributed by atoms with Gasteiger partial charge in [-0.3, -0.25) is 0 Å². The van der Waals surface area contributed by atoms with Crippen LogP contribution in [0.4, 0.5) is 0 Å². The summed E-state index contributed by atoms with van der Waals surface area (Å²) in [6, 6.07) is 0. The van der Waals surface area contributed by atoms with Gasteiger partial charge in [0.05, 0.1) is 0 Å². The molecule has 8 fully saturated rings. The van der Waals surface area contributed by atoms with E-state index in [2.05, 4.69) is 263 Å². The van der Waals surface area contributed by atoms with Crippen LogP contribution in [-0.2, 0) is 0 Å². The third-order valence-corrected chi connectivity index (χ3v) is 21.9. The Morgan fingerprint density at radius 1 is 0.429 bits per heavy atom. The van der Waals surface area contributed by atoms with Gasteiger partial charge in [-0.1, -0.05) is 366 Å². The van der Waals surface area contributed by atoms with Crippen molar-refractivity contribution in [1.82, 2.24) is 0 Å². The molecule has 8 rings (SSSR count). The van der Waals surface area contributed by atoms with Gasteiger partial charge >= 0.3 is 0 Å². The second-order valence-corrected chi connectivity index (χ2v) is 34.9. The molecule has 0 amide bonds. The summed E-state index contributed by atoms with van der Waals surface area (Å²) in [6.07, 6.45) is 35.4. The molecule has 0 spiro atoms. The molecular formula is C84H180. The highest BCUT2D eigenvalue weighted by Gasteiger charge is 2.41. The lowest BCUT2D eigenvalue weighted by Crippen LogP contribution is -2.00. The van der Waals surface area contributed by atoms with Crippen LogP contribution in [0.15, 0.2) is 0 Å². The van der Waals surface area contributed by atoms with Crippen LogP contribution in [0.1, 0.15) is 424 Å². The predicted molar refractivity (Wildman–Crippen MR) is 399 cm³/mol. The second kappa shape index (κ2) is 52.6. The number of hydrogen-bond donors (Lipinski definition) is 0. The van der Waals surface area contributed by atoms with Crippen molar-refractivity contribution in [2.45, 2.75) is 424 Å². The van der Waals surface area contributed by atoms with Crippen molar-refractivity contribution in [3.05, 3.63) is 0 Å². The van der Waals surface area contributed by atoms with Crippen LogP contribution in [-0.4, -0.2) is 0 Å². The van der Waals surface area contributed by atoms with Crippen molar-refractivity contribution >= 4 is 0 Å². The van der Waals surface area contributed by atoms with Crippen LogP contribution in [0.2, 0.25) is 0 Å². The summed E-state index contributed by atoms with van der Waals surface area (Å²) < 4.78 is 0. The SMILES string of the molecule is CC(C)C(C)C.CC(C)C1CC1.CC1C(C)C1C.CCC(C)(C)C.CCC(C)(C)C.CCC(C)CC.CCC(C)CC.CCC1(C)CC1.CCC1(C)CC1.CCC1CC1C.CCC1C[C@@H]1C.CCCC(C)C.CCCC1CC1.C[C@H]1CC1(C)C. The fraction of sp³-hybridized carbons (Fsp3) is 1.00. The number of hydrogen-bond acceptors (Lipinski definition) is 0. The van der Waals surface area contributed by atoms with Crippen molar-refractivity contribution in [2.24, 2.45) is 122 Å². The summed E-state index contributed by atoms with van der Waals surface area (Å²) in [5, 5.41) is 0. The molecule has 0 N–H and O–H groups in total. The first-order valence-corrected chi connectivity index (χ1v) is 38.5. The van der Waals surface area contributed by atoms with Crippen LogP contribution in [0, 0.1) is 122 Å². The zero-order chi connectivity index (χ0) is 67.4. The number of rotatable bonds is 14. The van der Waals surface area contributed by atoms with Crippen LogP contribution < -0.4 is 0 Å². The first kappa shape index (κ1) is 95.1. The zero-order valence-corrected chi connectivity index (χ0v) is 67.4. The van der Waals surface area contributed by atoms with Gasteiger partial charge < -0.3 is 0 Å². The van der Waals surface area contributed by atoms with Crippen LogP contribution in [0.5, 0.6) is 0 Å². The smallest absolute Gasteiger partial charge is 0.0326 e. The lowest BCUT2D eigenvalue weighted by Gasteiger charge is -2.12. The molecule has 0 heterocycles. The van der Waals surface area contributed by atoms with Gasteiger partial charge in [-0.15, -0.1) is 0 Å². The molecule has 0 heteroatoms. The minimum Gasteiger partial charge on any atom is -0.0654 e. The monoisotopic (exact) mass is 1190 g/mol. The minimum atomic E-state index is 0.542. The molecule has 3 unspecified atom stereocenters. The van der Waals surface area contributed by atoms with E-state index in [1.54, 1.807) is 0 Å². The third-order valence-electron chi connectivity index (χ3n) is 21.9. The van der Waals surface area contributed by atoms with Gasteiger partial charge in [-0.25, -0.2) is 0 Å². The Labute approximate surface area is 542 Å². The highest BCUT2D eigenvalue weighted by atomic mass is 14.5. The molecule has 516 valence electrons. The van der Waals surface area contributed by atoms with Gasteiger partial charge in [-0.2, -0.15) is 0 Å². The Hall–Kier alpha value is 0. The summed E-state index contributed by atoms with van der Waals surface area (Å²) in [4.78, 5) is 0. The van der Waals surface area contributed by atoms with Gasteiger partial charge in [-0.05, 0) is 180 Å². The molecule has 0 bridgehead atoms. The molecule has 0 aliphatic heterocycles. The van der Waals surface area contributed by atoms with Crippen LogP contribution in [0.25, 0.3) is 0 Å². The average Bonchev–Trinajstić information content (AvgIpc) is 4.25. The summed E-state index contributed by atoms with van der Waals surface area (Å²) in [7, 11) is 0. The summed E-state index contributed by atoms with van der Waals surface area (Å²) in [5.74, 6) is 16.1. The highest BCUT2D eigenvalue weighted by Crippen LogP contribution is 2.51. The van der Waals surface area contributed by atoms with Crippen molar-refractivity contribution < 1.29 is 0 Å². The van der Waals surface area contributed by atoms with E-state index in [0.717, 1.165) is 106 Å². The van der Waals surface area contributed by atoms with E-state index >= 15 is 0 Å². The summed E-state index contributed by atoms with van der Waals surface area (Å²) >= 11 is 0. The lowest BCUT2D eigenvalue weighted by molar-refractivity contribution is 0.397. The molecule has 8 saturated carbocycles. The molecule has 0 radical (unpaired) electrons. The van der Waals surface area contributed by atoms with Crippen molar-refractivity contribution in [3.63, 3.8) is 0 Å². The van der Waals surface area contributed by atoms with E-state index in [1.807, 2.05) is 0 Å².